The van der Waals surface area contributed by atoms with Gasteiger partial charge in [0.1, 0.15) is 0 Å². The van der Waals surface area contributed by atoms with Gasteiger partial charge < -0.3 is 19.9 Å². The lowest BCUT2D eigenvalue weighted by atomic mass is 9.96. The highest BCUT2D eigenvalue weighted by Gasteiger charge is 2.51. The first-order valence-corrected chi connectivity index (χ1v) is 11.6. The van der Waals surface area contributed by atoms with Crippen molar-refractivity contribution in [2.75, 3.05) is 44.2 Å². The molecule has 4 rings (SSSR count). The number of alkyl halides is 3. The number of piperazine rings is 1. The first-order valence-electron chi connectivity index (χ1n) is 11.2. The van der Waals surface area contributed by atoms with E-state index in [0.29, 0.717) is 50.0 Å². The first kappa shape index (κ1) is 24.9. The Morgan fingerprint density at radius 1 is 1.18 bits per heavy atom. The third kappa shape index (κ3) is 6.06. The number of anilines is 1. The SMILES string of the molecule is O=C1NNCC(NC[C@H]2CC[C@H](CC(=O)N3CCN(c4ncc(Cl)cn4)CC3)O2)C1C(F)(F)F. The molecule has 0 aromatic carbocycles. The van der Waals surface area contributed by atoms with Crippen molar-refractivity contribution in [1.82, 2.24) is 31.0 Å². The molecule has 3 N–H and O–H groups in total. The lowest BCUT2D eigenvalue weighted by molar-refractivity contribution is -0.193. The zero-order chi connectivity index (χ0) is 24.3. The number of hydrazine groups is 1. The van der Waals surface area contributed by atoms with Crippen LogP contribution in [0.5, 0.6) is 0 Å². The molecule has 3 fully saturated rings. The number of carbonyl (C=O) groups is 2. The predicted octanol–water partition coefficient (Wildman–Crippen LogP) is 0.487. The van der Waals surface area contributed by atoms with Gasteiger partial charge in [0.05, 0.1) is 36.0 Å². The minimum Gasteiger partial charge on any atom is -0.373 e. The van der Waals surface area contributed by atoms with Gasteiger partial charge in [0.25, 0.3) is 0 Å². The molecular formula is C20H27ClF3N7O3. The number of aromatic nitrogens is 2. The van der Waals surface area contributed by atoms with Gasteiger partial charge in [-0.05, 0) is 12.8 Å². The molecule has 1 aromatic heterocycles. The summed E-state index contributed by atoms with van der Waals surface area (Å²) < 4.78 is 45.6. The molecule has 0 aliphatic carbocycles. The van der Waals surface area contributed by atoms with Crippen molar-refractivity contribution in [3.8, 4) is 0 Å². The number of rotatable bonds is 6. The van der Waals surface area contributed by atoms with Crippen LogP contribution in [0, 0.1) is 5.92 Å². The van der Waals surface area contributed by atoms with E-state index < -0.39 is 24.0 Å². The van der Waals surface area contributed by atoms with Crippen LogP contribution < -0.4 is 21.1 Å². The molecule has 4 heterocycles. The fraction of sp³-hybridized carbons (Fsp3) is 0.700. The summed E-state index contributed by atoms with van der Waals surface area (Å²) in [6, 6.07) is -1.08. The van der Waals surface area contributed by atoms with E-state index in [1.165, 1.54) is 12.4 Å². The fourth-order valence-electron chi connectivity index (χ4n) is 4.50. The van der Waals surface area contributed by atoms with E-state index in [-0.39, 0.29) is 37.6 Å². The number of hydrogen-bond acceptors (Lipinski definition) is 8. The van der Waals surface area contributed by atoms with Crippen molar-refractivity contribution in [1.29, 1.82) is 0 Å². The minimum atomic E-state index is -4.64. The molecule has 2 amide bonds. The molecule has 3 saturated heterocycles. The summed E-state index contributed by atoms with van der Waals surface area (Å²) >= 11 is 5.82. The van der Waals surface area contributed by atoms with Crippen molar-refractivity contribution in [3.63, 3.8) is 0 Å². The number of ether oxygens (including phenoxy) is 1. The fourth-order valence-corrected chi connectivity index (χ4v) is 4.60. The van der Waals surface area contributed by atoms with E-state index in [9.17, 15) is 22.8 Å². The molecule has 3 aliphatic rings. The number of halogens is 4. The molecule has 0 bridgehead atoms. The third-order valence-electron chi connectivity index (χ3n) is 6.30. The van der Waals surface area contributed by atoms with Crippen molar-refractivity contribution < 1.29 is 27.5 Å². The van der Waals surface area contributed by atoms with Crippen molar-refractivity contribution >= 4 is 29.4 Å². The van der Waals surface area contributed by atoms with Crippen molar-refractivity contribution in [2.24, 2.45) is 5.92 Å². The highest BCUT2D eigenvalue weighted by molar-refractivity contribution is 6.30. The summed E-state index contributed by atoms with van der Waals surface area (Å²) in [6.07, 6.45) is -0.636. The van der Waals surface area contributed by atoms with Crippen LogP contribution in [0.25, 0.3) is 0 Å². The normalized spacial score (nSPS) is 28.2. The Bertz CT molecular complexity index is 868. The molecule has 4 atom stereocenters. The van der Waals surface area contributed by atoms with Gasteiger partial charge in [-0.25, -0.2) is 15.4 Å². The van der Waals surface area contributed by atoms with Gasteiger partial charge >= 0.3 is 6.18 Å². The summed E-state index contributed by atoms with van der Waals surface area (Å²) in [7, 11) is 0. The van der Waals surface area contributed by atoms with E-state index in [0.717, 1.165) is 0 Å². The number of carbonyl (C=O) groups excluding carboxylic acids is 2. The van der Waals surface area contributed by atoms with Gasteiger partial charge in [-0.3, -0.25) is 15.0 Å². The van der Waals surface area contributed by atoms with Gasteiger partial charge in [0.15, 0.2) is 5.92 Å². The molecule has 34 heavy (non-hydrogen) atoms. The Labute approximate surface area is 199 Å². The Hall–Kier alpha value is -2.22. The van der Waals surface area contributed by atoms with Crippen LogP contribution in [0.15, 0.2) is 12.4 Å². The maximum atomic E-state index is 13.2. The zero-order valence-corrected chi connectivity index (χ0v) is 19.1. The quantitative estimate of drug-likeness (QED) is 0.512. The maximum Gasteiger partial charge on any atom is 0.402 e. The molecule has 0 radical (unpaired) electrons. The molecule has 2 unspecified atom stereocenters. The Morgan fingerprint density at radius 3 is 2.53 bits per heavy atom. The Kier molecular flexibility index (Phi) is 7.75. The number of nitrogens with zero attached hydrogens (tertiary/aromatic N) is 4. The molecule has 3 aliphatic heterocycles. The van der Waals surface area contributed by atoms with E-state index >= 15 is 0 Å². The molecular weight excluding hydrogens is 479 g/mol. The second-order valence-corrected chi connectivity index (χ2v) is 9.07. The average molecular weight is 506 g/mol. The molecule has 10 nitrogen and oxygen atoms in total. The molecule has 14 heteroatoms. The van der Waals surface area contributed by atoms with Crippen LogP contribution in [-0.2, 0) is 14.3 Å². The first-order chi connectivity index (χ1) is 16.2. The monoisotopic (exact) mass is 505 g/mol. The highest BCUT2D eigenvalue weighted by Crippen LogP contribution is 2.30. The van der Waals surface area contributed by atoms with Crippen LogP contribution in [0.1, 0.15) is 19.3 Å². The summed E-state index contributed by atoms with van der Waals surface area (Å²) in [5.41, 5.74) is 4.51. The molecule has 0 spiro atoms. The number of hydrogen-bond donors (Lipinski definition) is 3. The van der Waals surface area contributed by atoms with E-state index in [1.54, 1.807) is 4.90 Å². The summed E-state index contributed by atoms with van der Waals surface area (Å²) in [6.45, 7) is 2.42. The van der Waals surface area contributed by atoms with Crippen molar-refractivity contribution in [3.05, 3.63) is 17.4 Å². The van der Waals surface area contributed by atoms with Gasteiger partial charge in [0, 0.05) is 45.3 Å². The smallest absolute Gasteiger partial charge is 0.373 e. The number of amides is 2. The van der Waals surface area contributed by atoms with E-state index in [2.05, 4.69) is 20.7 Å². The van der Waals surface area contributed by atoms with Crippen LogP contribution in [0.2, 0.25) is 5.02 Å². The topological polar surface area (TPSA) is 112 Å². The summed E-state index contributed by atoms with van der Waals surface area (Å²) in [5, 5.41) is 3.28. The standard InChI is InChI=1S/C20H27ClF3N7O3/c21-12-8-26-19(27-9-12)31-5-3-30(4-6-31)16(32)7-13-1-2-14(34-13)10-25-15-11-28-29-18(33)17(15)20(22,23)24/h8-9,13-15,17,25,28H,1-7,10-11H2,(H,29,33)/t13-,14-,15?,17?/m1/s1. The van der Waals surface area contributed by atoms with Gasteiger partial charge in [-0.2, -0.15) is 13.2 Å². The summed E-state index contributed by atoms with van der Waals surface area (Å²) in [4.78, 5) is 36.6. The second-order valence-electron chi connectivity index (χ2n) is 8.63. The number of nitrogens with one attached hydrogen (secondary N) is 3. The maximum absolute atomic E-state index is 13.2. The Balaban J connectivity index is 1.19. The van der Waals surface area contributed by atoms with Crippen LogP contribution in [0.4, 0.5) is 19.1 Å². The van der Waals surface area contributed by atoms with Gasteiger partial charge in [-0.1, -0.05) is 11.6 Å². The van der Waals surface area contributed by atoms with Crippen molar-refractivity contribution in [2.45, 2.75) is 43.7 Å². The van der Waals surface area contributed by atoms with Crippen LogP contribution in [0.3, 0.4) is 0 Å². The van der Waals surface area contributed by atoms with Crippen LogP contribution >= 0.6 is 11.6 Å². The molecule has 188 valence electrons. The predicted molar refractivity (Wildman–Crippen MR) is 116 cm³/mol. The average Bonchev–Trinajstić information content (AvgIpc) is 3.24. The Morgan fingerprint density at radius 2 is 1.85 bits per heavy atom. The molecule has 1 aromatic rings. The highest BCUT2D eigenvalue weighted by atomic mass is 35.5. The lowest BCUT2D eigenvalue weighted by Crippen LogP contribution is -2.64. The largest absolute Gasteiger partial charge is 0.402 e. The third-order valence-corrected chi connectivity index (χ3v) is 6.49. The summed E-state index contributed by atoms with van der Waals surface area (Å²) in [5.74, 6) is -2.66. The molecule has 0 saturated carbocycles. The van der Waals surface area contributed by atoms with E-state index in [4.69, 9.17) is 16.3 Å². The minimum absolute atomic E-state index is 0.0134. The lowest BCUT2D eigenvalue weighted by Gasteiger charge is -2.35. The van der Waals surface area contributed by atoms with Gasteiger partial charge in [0.2, 0.25) is 17.8 Å². The van der Waals surface area contributed by atoms with E-state index in [1.807, 2.05) is 10.3 Å². The zero-order valence-electron chi connectivity index (χ0n) is 18.4. The second kappa shape index (κ2) is 10.6. The van der Waals surface area contributed by atoms with Crippen LogP contribution in [-0.4, -0.2) is 90.4 Å². The van der Waals surface area contributed by atoms with Gasteiger partial charge in [-0.15, -0.1) is 0 Å².